The van der Waals surface area contributed by atoms with E-state index in [9.17, 15) is 9.59 Å². The van der Waals surface area contributed by atoms with Gasteiger partial charge in [0.1, 0.15) is 0 Å². The van der Waals surface area contributed by atoms with Crippen molar-refractivity contribution in [2.24, 2.45) is 0 Å². The Hall–Kier alpha value is -1.40. The number of unbranched alkanes of at least 4 members (excludes halogenated alkanes) is 6. The molecule has 2 aliphatic carbocycles. The number of hydrogen-bond acceptors (Lipinski definition) is 4. The molecule has 192 valence electrons. The first kappa shape index (κ1) is 26.7. The maximum absolute atomic E-state index is 13.1. The van der Waals surface area contributed by atoms with E-state index in [1.807, 2.05) is 0 Å². The largest absolute Gasteiger partial charge is 0.352 e. The minimum absolute atomic E-state index is 0.0564. The predicted octanol–water partition coefficient (Wildman–Crippen LogP) is 6.95. The van der Waals surface area contributed by atoms with Crippen molar-refractivity contribution >= 4 is 35.3 Å². The summed E-state index contributed by atoms with van der Waals surface area (Å²) in [5.41, 5.74) is 5.49. The molecule has 2 aliphatic heterocycles. The monoisotopic (exact) mass is 514 g/mol. The third-order valence-corrected chi connectivity index (χ3v) is 11.3. The highest BCUT2D eigenvalue weighted by atomic mass is 32.2. The first-order valence-electron chi connectivity index (χ1n) is 13.7. The van der Waals surface area contributed by atoms with Crippen LogP contribution < -0.4 is 10.6 Å². The van der Waals surface area contributed by atoms with E-state index >= 15 is 0 Å². The summed E-state index contributed by atoms with van der Waals surface area (Å²) in [4.78, 5) is 27.9. The highest BCUT2D eigenvalue weighted by Gasteiger charge is 2.60. The lowest BCUT2D eigenvalue weighted by molar-refractivity contribution is -0.117. The maximum atomic E-state index is 13.1. The van der Waals surface area contributed by atoms with Gasteiger partial charge in [-0.3, -0.25) is 9.59 Å². The van der Waals surface area contributed by atoms with Crippen molar-refractivity contribution in [1.82, 2.24) is 10.6 Å². The van der Waals surface area contributed by atoms with Gasteiger partial charge in [-0.2, -0.15) is 0 Å². The van der Waals surface area contributed by atoms with E-state index in [1.165, 1.54) is 48.0 Å². The zero-order chi connectivity index (χ0) is 25.1. The van der Waals surface area contributed by atoms with Gasteiger partial charge in [-0.05, 0) is 80.4 Å². The number of carbonyl (C=O) groups excluding carboxylic acids is 2. The van der Waals surface area contributed by atoms with E-state index in [0.717, 1.165) is 67.8 Å². The number of fused-ring (bicyclic) bond motifs is 4. The molecule has 0 aromatic carbocycles. The summed E-state index contributed by atoms with van der Waals surface area (Å²) >= 11 is 3.42. The molecule has 1 saturated carbocycles. The van der Waals surface area contributed by atoms with E-state index in [2.05, 4.69) is 50.5 Å². The third-order valence-electron chi connectivity index (χ3n) is 8.06. The Labute approximate surface area is 220 Å². The van der Waals surface area contributed by atoms with Crippen LogP contribution in [-0.4, -0.2) is 34.4 Å². The molecule has 2 N–H and O–H groups in total. The third kappa shape index (κ3) is 5.07. The van der Waals surface area contributed by atoms with Gasteiger partial charge in [0.25, 0.3) is 11.8 Å². The van der Waals surface area contributed by atoms with Crippen LogP contribution >= 0.6 is 23.5 Å². The van der Waals surface area contributed by atoms with Gasteiger partial charge in [0.15, 0.2) is 0 Å². The highest BCUT2D eigenvalue weighted by Crippen LogP contribution is 2.68. The summed E-state index contributed by atoms with van der Waals surface area (Å²) < 4.78 is -0.518. The molecular formula is C29H42N2O2S2. The van der Waals surface area contributed by atoms with Crippen molar-refractivity contribution in [3.63, 3.8) is 0 Å². The lowest BCUT2D eigenvalue weighted by Gasteiger charge is -2.47. The summed E-state index contributed by atoms with van der Waals surface area (Å²) in [6.45, 7) is 10.5. The number of thioether (sulfide) groups is 2. The van der Waals surface area contributed by atoms with E-state index < -0.39 is 0 Å². The maximum Gasteiger partial charge on any atom is 0.257 e. The fourth-order valence-corrected chi connectivity index (χ4v) is 8.86. The van der Waals surface area contributed by atoms with Gasteiger partial charge in [0.05, 0.1) is 19.3 Å². The van der Waals surface area contributed by atoms with Gasteiger partial charge < -0.3 is 10.6 Å². The van der Waals surface area contributed by atoms with Crippen LogP contribution in [0.25, 0.3) is 0 Å². The first-order chi connectivity index (χ1) is 16.9. The number of hydrogen-bond donors (Lipinski definition) is 2. The Morgan fingerprint density at radius 3 is 1.57 bits per heavy atom. The average molecular weight is 515 g/mol. The fraction of sp³-hybridized carbons (Fsp3) is 0.655. The number of allylic oxidation sites excluding steroid dienone is 4. The smallest absolute Gasteiger partial charge is 0.257 e. The Morgan fingerprint density at radius 2 is 1.17 bits per heavy atom. The van der Waals surface area contributed by atoms with Crippen LogP contribution in [0.4, 0.5) is 0 Å². The van der Waals surface area contributed by atoms with Crippen LogP contribution in [0, 0.1) is 0 Å². The topological polar surface area (TPSA) is 58.2 Å². The summed E-state index contributed by atoms with van der Waals surface area (Å²) in [6, 6.07) is 0. The van der Waals surface area contributed by atoms with E-state index in [1.54, 1.807) is 23.5 Å². The second-order valence-electron chi connectivity index (χ2n) is 10.6. The molecule has 0 unspecified atom stereocenters. The molecule has 0 saturated heterocycles. The number of carbonyl (C=O) groups is 2. The number of rotatable bonds is 12. The van der Waals surface area contributed by atoms with Crippen LogP contribution in [0.5, 0.6) is 0 Å². The number of amides is 2. The molecule has 1 fully saturated rings. The van der Waals surface area contributed by atoms with Crippen LogP contribution in [0.15, 0.2) is 44.3 Å². The van der Waals surface area contributed by atoms with Crippen molar-refractivity contribution < 1.29 is 9.59 Å². The molecule has 0 bridgehead atoms. The lowest BCUT2D eigenvalue weighted by atomic mass is 9.72. The second-order valence-corrected chi connectivity index (χ2v) is 13.5. The van der Waals surface area contributed by atoms with Gasteiger partial charge >= 0.3 is 0 Å². The zero-order valence-corrected chi connectivity index (χ0v) is 23.6. The molecule has 35 heavy (non-hydrogen) atoms. The SMILES string of the molecule is CCCCCCNC(=O)C1=CC2=C3CCCC3=C3C=C(C(=O)NCCCCCC)S[C@@]3(C)[C@]2(C)S1. The molecule has 0 radical (unpaired) electrons. The van der Waals surface area contributed by atoms with E-state index in [4.69, 9.17) is 0 Å². The molecule has 0 aromatic heterocycles. The van der Waals surface area contributed by atoms with Crippen molar-refractivity contribution in [3.05, 3.63) is 44.3 Å². The quantitative estimate of drug-likeness (QED) is 0.277. The molecule has 6 heteroatoms. The lowest BCUT2D eigenvalue weighted by Crippen LogP contribution is -2.47. The summed E-state index contributed by atoms with van der Waals surface area (Å²) in [7, 11) is 0. The molecule has 4 aliphatic rings. The number of nitrogens with one attached hydrogen (secondary N) is 2. The van der Waals surface area contributed by atoms with Crippen LogP contribution in [-0.2, 0) is 9.59 Å². The molecule has 4 rings (SSSR count). The highest BCUT2D eigenvalue weighted by molar-refractivity contribution is 8.10. The van der Waals surface area contributed by atoms with Gasteiger partial charge in [-0.25, -0.2) is 0 Å². The van der Waals surface area contributed by atoms with Gasteiger partial charge in [0, 0.05) is 13.1 Å². The molecule has 2 atom stereocenters. The minimum Gasteiger partial charge on any atom is -0.352 e. The Kier molecular flexibility index (Phi) is 8.63. The zero-order valence-electron chi connectivity index (χ0n) is 22.0. The summed E-state index contributed by atoms with van der Waals surface area (Å²) in [6.07, 6.45) is 16.9. The standard InChI is InChI=1S/C29H42N2O2S2/c1-5-7-9-11-16-30-26(32)24-18-22-20-14-13-15-21(20)23-19-25(27(33)31-17-12-10-8-6-2)35-29(23,4)28(22,3)34-24/h18-19H,5-17H2,1-4H3,(H,30,32)(H,31,33)/t28-,29-/m1/s1. The molecule has 0 spiro atoms. The van der Waals surface area contributed by atoms with Crippen molar-refractivity contribution in [2.75, 3.05) is 13.1 Å². The van der Waals surface area contributed by atoms with Crippen LogP contribution in [0.1, 0.15) is 98.3 Å². The first-order valence-corrected chi connectivity index (χ1v) is 15.3. The normalized spacial score (nSPS) is 26.9. The van der Waals surface area contributed by atoms with Crippen LogP contribution in [0.3, 0.4) is 0 Å². The van der Waals surface area contributed by atoms with Crippen molar-refractivity contribution in [1.29, 1.82) is 0 Å². The van der Waals surface area contributed by atoms with Gasteiger partial charge in [-0.15, -0.1) is 23.5 Å². The fourth-order valence-electron chi connectivity index (χ4n) is 5.85. The van der Waals surface area contributed by atoms with Crippen molar-refractivity contribution in [2.45, 2.75) is 108 Å². The Morgan fingerprint density at radius 1 is 0.743 bits per heavy atom. The minimum atomic E-state index is -0.259. The predicted molar refractivity (Wildman–Crippen MR) is 150 cm³/mol. The molecule has 2 heterocycles. The van der Waals surface area contributed by atoms with Crippen molar-refractivity contribution in [3.8, 4) is 0 Å². The molecule has 2 amide bonds. The Balaban J connectivity index is 1.51. The van der Waals surface area contributed by atoms with E-state index in [-0.39, 0.29) is 21.3 Å². The summed E-state index contributed by atoms with van der Waals surface area (Å²) in [5.74, 6) is 0.113. The van der Waals surface area contributed by atoms with Gasteiger partial charge in [-0.1, -0.05) is 52.4 Å². The van der Waals surface area contributed by atoms with E-state index in [0.29, 0.717) is 0 Å². The average Bonchev–Trinajstić information content (AvgIpc) is 3.54. The summed E-state index contributed by atoms with van der Waals surface area (Å²) in [5, 5.41) is 6.32. The molecule has 4 nitrogen and oxygen atoms in total. The molecule has 0 aromatic rings. The van der Waals surface area contributed by atoms with Gasteiger partial charge in [0.2, 0.25) is 0 Å². The Bertz CT molecular complexity index is 915. The second kappa shape index (κ2) is 11.3. The molecular weight excluding hydrogens is 472 g/mol. The van der Waals surface area contributed by atoms with Crippen LogP contribution in [0.2, 0.25) is 0 Å².